The van der Waals surface area contributed by atoms with Gasteiger partial charge in [-0.1, -0.05) is 30.3 Å². The molecule has 1 amide bonds. The Bertz CT molecular complexity index is 774. The van der Waals surface area contributed by atoms with Gasteiger partial charge in [0.1, 0.15) is 5.37 Å². The standard InChI is InChI=1S/C21H25NO5S/c1-24-17-9-16(10-18(25-2)21(17)26-3)11-22-19(23)14-28-20(22)13-27-12-15-7-5-4-6-8-15/h4-10,20H,11-14H2,1-3H3. The van der Waals surface area contributed by atoms with E-state index in [4.69, 9.17) is 18.9 Å². The monoisotopic (exact) mass is 403 g/mol. The summed E-state index contributed by atoms with van der Waals surface area (Å²) in [6.07, 6.45) is 0. The van der Waals surface area contributed by atoms with Crippen LogP contribution < -0.4 is 14.2 Å². The molecule has 1 heterocycles. The van der Waals surface area contributed by atoms with Gasteiger partial charge in [-0.05, 0) is 23.3 Å². The summed E-state index contributed by atoms with van der Waals surface area (Å²) in [4.78, 5) is 14.3. The topological polar surface area (TPSA) is 57.2 Å². The molecule has 1 fully saturated rings. The molecule has 0 saturated carbocycles. The Morgan fingerprint density at radius 3 is 2.29 bits per heavy atom. The molecule has 150 valence electrons. The van der Waals surface area contributed by atoms with Crippen molar-refractivity contribution in [2.45, 2.75) is 18.5 Å². The molecule has 1 saturated heterocycles. The van der Waals surface area contributed by atoms with E-state index in [-0.39, 0.29) is 11.3 Å². The van der Waals surface area contributed by atoms with Crippen LogP contribution in [0.3, 0.4) is 0 Å². The molecule has 1 aliphatic heterocycles. The normalized spacial score (nSPS) is 16.3. The van der Waals surface area contributed by atoms with Crippen LogP contribution in [0.25, 0.3) is 0 Å². The third kappa shape index (κ3) is 4.72. The Morgan fingerprint density at radius 2 is 1.68 bits per heavy atom. The van der Waals surface area contributed by atoms with Gasteiger partial charge in [0, 0.05) is 6.54 Å². The van der Waals surface area contributed by atoms with E-state index in [1.165, 1.54) is 0 Å². The maximum atomic E-state index is 12.4. The van der Waals surface area contributed by atoms with E-state index in [0.717, 1.165) is 11.1 Å². The number of nitrogens with zero attached hydrogens (tertiary/aromatic N) is 1. The number of benzene rings is 2. The van der Waals surface area contributed by atoms with Crippen LogP contribution in [-0.4, -0.2) is 49.9 Å². The highest BCUT2D eigenvalue weighted by Crippen LogP contribution is 2.39. The molecule has 0 aromatic heterocycles. The lowest BCUT2D eigenvalue weighted by atomic mass is 10.1. The first-order chi connectivity index (χ1) is 13.7. The highest BCUT2D eigenvalue weighted by Gasteiger charge is 2.32. The van der Waals surface area contributed by atoms with Crippen molar-refractivity contribution >= 4 is 17.7 Å². The van der Waals surface area contributed by atoms with Crippen molar-refractivity contribution in [1.29, 1.82) is 0 Å². The summed E-state index contributed by atoms with van der Waals surface area (Å²) in [5.74, 6) is 2.26. The van der Waals surface area contributed by atoms with Crippen molar-refractivity contribution in [1.82, 2.24) is 4.90 Å². The maximum Gasteiger partial charge on any atom is 0.233 e. The molecule has 6 nitrogen and oxygen atoms in total. The van der Waals surface area contributed by atoms with Gasteiger partial charge < -0.3 is 23.8 Å². The Labute approximate surface area is 169 Å². The molecule has 0 aliphatic carbocycles. The highest BCUT2D eigenvalue weighted by molar-refractivity contribution is 8.01. The van der Waals surface area contributed by atoms with Gasteiger partial charge >= 0.3 is 0 Å². The van der Waals surface area contributed by atoms with Gasteiger partial charge in [-0.2, -0.15) is 0 Å². The largest absolute Gasteiger partial charge is 0.493 e. The second kappa shape index (κ2) is 9.71. The number of ether oxygens (including phenoxy) is 4. The first-order valence-corrected chi connectivity index (χ1v) is 10.0. The molecular formula is C21H25NO5S. The summed E-state index contributed by atoms with van der Waals surface area (Å²) >= 11 is 1.60. The zero-order chi connectivity index (χ0) is 19.9. The number of carbonyl (C=O) groups is 1. The van der Waals surface area contributed by atoms with Crippen LogP contribution >= 0.6 is 11.8 Å². The minimum Gasteiger partial charge on any atom is -0.493 e. The SMILES string of the molecule is COc1cc(CN2C(=O)CSC2COCc2ccccc2)cc(OC)c1OC. The molecular weight excluding hydrogens is 378 g/mol. The summed E-state index contributed by atoms with van der Waals surface area (Å²) in [5.41, 5.74) is 2.03. The van der Waals surface area contributed by atoms with Crippen LogP contribution in [0.15, 0.2) is 42.5 Å². The Balaban J connectivity index is 1.68. The third-order valence-electron chi connectivity index (χ3n) is 4.52. The molecule has 1 unspecified atom stereocenters. The van der Waals surface area contributed by atoms with E-state index < -0.39 is 0 Å². The fourth-order valence-corrected chi connectivity index (χ4v) is 4.17. The molecule has 1 aliphatic rings. The summed E-state index contributed by atoms with van der Waals surface area (Å²) in [5, 5.41) is -0.0182. The molecule has 28 heavy (non-hydrogen) atoms. The molecule has 7 heteroatoms. The van der Waals surface area contributed by atoms with Crippen molar-refractivity contribution < 1.29 is 23.7 Å². The summed E-state index contributed by atoms with van der Waals surface area (Å²) in [6, 6.07) is 13.8. The van der Waals surface area contributed by atoms with Gasteiger partial charge in [0.2, 0.25) is 11.7 Å². The van der Waals surface area contributed by atoms with E-state index in [1.54, 1.807) is 33.1 Å². The molecule has 0 N–H and O–H groups in total. The second-order valence-electron chi connectivity index (χ2n) is 6.32. The third-order valence-corrected chi connectivity index (χ3v) is 5.71. The fourth-order valence-electron chi connectivity index (χ4n) is 3.10. The molecule has 0 spiro atoms. The van der Waals surface area contributed by atoms with Gasteiger partial charge in [0.15, 0.2) is 11.5 Å². The Kier molecular flexibility index (Phi) is 7.06. The first kappa shape index (κ1) is 20.4. The van der Waals surface area contributed by atoms with Crippen LogP contribution in [0.1, 0.15) is 11.1 Å². The number of hydrogen-bond acceptors (Lipinski definition) is 6. The molecule has 3 rings (SSSR count). The van der Waals surface area contributed by atoms with Gasteiger partial charge in [-0.25, -0.2) is 0 Å². The lowest BCUT2D eigenvalue weighted by molar-refractivity contribution is -0.129. The molecule has 2 aromatic rings. The lowest BCUT2D eigenvalue weighted by Crippen LogP contribution is -2.35. The number of thioether (sulfide) groups is 1. The average molecular weight is 404 g/mol. The predicted molar refractivity (Wildman–Crippen MR) is 109 cm³/mol. The van der Waals surface area contributed by atoms with E-state index in [2.05, 4.69) is 0 Å². The van der Waals surface area contributed by atoms with Crippen LogP contribution in [0.5, 0.6) is 17.2 Å². The number of hydrogen-bond donors (Lipinski definition) is 0. The van der Waals surface area contributed by atoms with E-state index in [9.17, 15) is 4.79 Å². The molecule has 1 atom stereocenters. The number of carbonyl (C=O) groups excluding carboxylic acids is 1. The smallest absolute Gasteiger partial charge is 0.233 e. The fraction of sp³-hybridized carbons (Fsp3) is 0.381. The average Bonchev–Trinajstić information content (AvgIpc) is 3.07. The van der Waals surface area contributed by atoms with Gasteiger partial charge in [0.25, 0.3) is 0 Å². The highest BCUT2D eigenvalue weighted by atomic mass is 32.2. The van der Waals surface area contributed by atoms with Crippen LogP contribution in [0.4, 0.5) is 0 Å². The Hall–Kier alpha value is -2.38. The summed E-state index contributed by atoms with van der Waals surface area (Å²) in [6.45, 7) is 1.47. The predicted octanol–water partition coefficient (Wildman–Crippen LogP) is 3.33. The van der Waals surface area contributed by atoms with Crippen molar-refractivity contribution in [3.8, 4) is 17.2 Å². The minimum absolute atomic E-state index is 0.0182. The summed E-state index contributed by atoms with van der Waals surface area (Å²) in [7, 11) is 4.73. The van der Waals surface area contributed by atoms with Crippen molar-refractivity contribution in [3.63, 3.8) is 0 Å². The zero-order valence-electron chi connectivity index (χ0n) is 16.3. The van der Waals surface area contributed by atoms with Gasteiger partial charge in [-0.3, -0.25) is 4.79 Å². The number of rotatable bonds is 9. The maximum absolute atomic E-state index is 12.4. The lowest BCUT2D eigenvalue weighted by Gasteiger charge is -2.24. The van der Waals surface area contributed by atoms with E-state index in [0.29, 0.717) is 42.8 Å². The van der Waals surface area contributed by atoms with E-state index >= 15 is 0 Å². The molecule has 0 radical (unpaired) electrons. The number of amides is 1. The Morgan fingerprint density at radius 1 is 1.00 bits per heavy atom. The van der Waals surface area contributed by atoms with Crippen molar-refractivity contribution in [3.05, 3.63) is 53.6 Å². The minimum atomic E-state index is -0.0182. The second-order valence-corrected chi connectivity index (χ2v) is 7.49. The quantitative estimate of drug-likeness (QED) is 0.640. The zero-order valence-corrected chi connectivity index (χ0v) is 17.2. The van der Waals surface area contributed by atoms with E-state index in [1.807, 2.05) is 47.4 Å². The first-order valence-electron chi connectivity index (χ1n) is 8.98. The molecule has 2 aromatic carbocycles. The summed E-state index contributed by atoms with van der Waals surface area (Å²) < 4.78 is 22.1. The molecule has 0 bridgehead atoms. The van der Waals surface area contributed by atoms with Crippen LogP contribution in [-0.2, 0) is 22.7 Å². The van der Waals surface area contributed by atoms with Gasteiger partial charge in [-0.15, -0.1) is 11.8 Å². The van der Waals surface area contributed by atoms with Crippen LogP contribution in [0, 0.1) is 0 Å². The van der Waals surface area contributed by atoms with Crippen molar-refractivity contribution in [2.75, 3.05) is 33.7 Å². The van der Waals surface area contributed by atoms with Crippen molar-refractivity contribution in [2.24, 2.45) is 0 Å². The van der Waals surface area contributed by atoms with Gasteiger partial charge in [0.05, 0.1) is 40.3 Å². The number of methoxy groups -OCH3 is 3. The van der Waals surface area contributed by atoms with Crippen LogP contribution in [0.2, 0.25) is 0 Å².